The lowest BCUT2D eigenvalue weighted by Gasteiger charge is -2.27. The van der Waals surface area contributed by atoms with Gasteiger partial charge in [0, 0.05) is 27.3 Å². The van der Waals surface area contributed by atoms with Gasteiger partial charge in [-0.15, -0.1) is 0 Å². The third-order valence-corrected chi connectivity index (χ3v) is 9.06. The summed E-state index contributed by atoms with van der Waals surface area (Å²) in [5.74, 6) is 0. The molecule has 0 heterocycles. The molecule has 0 saturated heterocycles. The minimum Gasteiger partial charge on any atom is -0.381 e. The van der Waals surface area contributed by atoms with Gasteiger partial charge < -0.3 is 4.74 Å². The van der Waals surface area contributed by atoms with Crippen LogP contribution in [-0.2, 0) is 4.74 Å². The molecule has 1 nitrogen and oxygen atoms in total. The molecule has 0 radical (unpaired) electrons. The topological polar surface area (TPSA) is 9.23 Å². The van der Waals surface area contributed by atoms with Crippen molar-refractivity contribution in [2.75, 3.05) is 18.5 Å². The molecule has 0 bridgehead atoms. The van der Waals surface area contributed by atoms with Crippen LogP contribution in [0.2, 0.25) is 18.1 Å². The first-order valence-electron chi connectivity index (χ1n) is 10.1. The number of rotatable bonds is 17. The van der Waals surface area contributed by atoms with Crippen LogP contribution in [0.4, 0.5) is 0 Å². The molecule has 0 N–H and O–H groups in total. The highest BCUT2D eigenvalue weighted by molar-refractivity contribution is 9.09. The molecule has 140 valence electrons. The third-order valence-electron chi connectivity index (χ3n) is 5.21. The minimum absolute atomic E-state index is 0.453. The summed E-state index contributed by atoms with van der Waals surface area (Å²) in [4.78, 5) is 0. The Morgan fingerprint density at radius 2 is 1.09 bits per heavy atom. The van der Waals surface area contributed by atoms with Crippen LogP contribution in [0, 0.1) is 0 Å². The zero-order chi connectivity index (χ0) is 17.4. The van der Waals surface area contributed by atoms with Crippen molar-refractivity contribution in [2.24, 2.45) is 0 Å². The van der Waals surface area contributed by atoms with E-state index in [0.29, 0.717) is 5.04 Å². The molecule has 0 saturated carbocycles. The summed E-state index contributed by atoms with van der Waals surface area (Å²) < 4.78 is 5.89. The SMILES string of the molecule is C[SiH](C)C(C)(C)COCCCCCCCCCCCCCCBr. The van der Waals surface area contributed by atoms with Crippen LogP contribution < -0.4 is 0 Å². The molecule has 0 aromatic rings. The first kappa shape index (κ1) is 23.7. The van der Waals surface area contributed by atoms with E-state index < -0.39 is 8.80 Å². The second-order valence-electron chi connectivity index (χ2n) is 8.13. The van der Waals surface area contributed by atoms with Gasteiger partial charge in [0.15, 0.2) is 0 Å². The summed E-state index contributed by atoms with van der Waals surface area (Å²) >= 11 is 3.49. The van der Waals surface area contributed by atoms with Crippen molar-refractivity contribution in [3.05, 3.63) is 0 Å². The number of hydrogen-bond acceptors (Lipinski definition) is 1. The van der Waals surface area contributed by atoms with Gasteiger partial charge in [-0.25, -0.2) is 0 Å². The maximum atomic E-state index is 5.89. The van der Waals surface area contributed by atoms with Crippen LogP contribution in [0.15, 0.2) is 0 Å². The Morgan fingerprint density at radius 1 is 0.696 bits per heavy atom. The van der Waals surface area contributed by atoms with Crippen LogP contribution in [0.3, 0.4) is 0 Å². The molecular formula is C20H43BrOSi. The fourth-order valence-electron chi connectivity index (χ4n) is 2.57. The zero-order valence-electron chi connectivity index (χ0n) is 16.5. The monoisotopic (exact) mass is 406 g/mol. The van der Waals surface area contributed by atoms with Crippen LogP contribution in [0.25, 0.3) is 0 Å². The van der Waals surface area contributed by atoms with Crippen molar-refractivity contribution in [1.29, 1.82) is 0 Å². The molecule has 0 rings (SSSR count). The van der Waals surface area contributed by atoms with Crippen molar-refractivity contribution in [3.63, 3.8) is 0 Å². The molecule has 0 aromatic heterocycles. The largest absolute Gasteiger partial charge is 0.381 e. The van der Waals surface area contributed by atoms with Crippen LogP contribution in [-0.4, -0.2) is 27.3 Å². The van der Waals surface area contributed by atoms with Crippen molar-refractivity contribution < 1.29 is 4.74 Å². The summed E-state index contributed by atoms with van der Waals surface area (Å²) in [6.07, 6.45) is 16.8. The molecule has 0 aromatic carbocycles. The van der Waals surface area contributed by atoms with E-state index in [9.17, 15) is 0 Å². The Morgan fingerprint density at radius 3 is 1.48 bits per heavy atom. The average Bonchev–Trinajstić information content (AvgIpc) is 2.51. The molecule has 0 aliphatic heterocycles. The number of alkyl halides is 1. The van der Waals surface area contributed by atoms with Crippen LogP contribution >= 0.6 is 15.9 Å². The maximum Gasteiger partial charge on any atom is 0.0490 e. The van der Waals surface area contributed by atoms with E-state index in [1.54, 1.807) is 0 Å². The predicted octanol–water partition coefficient (Wildman–Crippen LogP) is 7.35. The van der Waals surface area contributed by atoms with Gasteiger partial charge in [0.2, 0.25) is 0 Å². The van der Waals surface area contributed by atoms with Gasteiger partial charge in [-0.1, -0.05) is 107 Å². The Hall–Kier alpha value is 0.657. The lowest BCUT2D eigenvalue weighted by atomic mass is 10.1. The van der Waals surface area contributed by atoms with E-state index >= 15 is 0 Å². The average molecular weight is 408 g/mol. The van der Waals surface area contributed by atoms with Crippen molar-refractivity contribution in [1.82, 2.24) is 0 Å². The molecule has 23 heavy (non-hydrogen) atoms. The van der Waals surface area contributed by atoms with E-state index in [1.165, 1.54) is 82.4 Å². The van der Waals surface area contributed by atoms with Gasteiger partial charge in [0.05, 0.1) is 0 Å². The molecule has 0 amide bonds. The number of hydrogen-bond donors (Lipinski definition) is 0. The van der Waals surface area contributed by atoms with Gasteiger partial charge >= 0.3 is 0 Å². The summed E-state index contributed by atoms with van der Waals surface area (Å²) in [5, 5.41) is 1.63. The predicted molar refractivity (Wildman–Crippen MR) is 113 cm³/mol. The molecule has 3 heteroatoms. The Labute approximate surface area is 157 Å². The Balaban J connectivity index is 3.14. The molecule has 0 fully saturated rings. The van der Waals surface area contributed by atoms with Crippen molar-refractivity contribution >= 4 is 24.7 Å². The van der Waals surface area contributed by atoms with Gasteiger partial charge in [-0.3, -0.25) is 0 Å². The first-order valence-corrected chi connectivity index (χ1v) is 14.1. The lowest BCUT2D eigenvalue weighted by molar-refractivity contribution is 0.110. The highest BCUT2D eigenvalue weighted by atomic mass is 79.9. The second-order valence-corrected chi connectivity index (χ2v) is 12.8. The second kappa shape index (κ2) is 16.1. The molecule has 0 atom stereocenters. The maximum absolute atomic E-state index is 5.89. The van der Waals surface area contributed by atoms with Gasteiger partial charge in [0.1, 0.15) is 0 Å². The fourth-order valence-corrected chi connectivity index (χ4v) is 3.42. The fraction of sp³-hybridized carbons (Fsp3) is 1.00. The Kier molecular flexibility index (Phi) is 16.6. The molecule has 0 aliphatic rings. The highest BCUT2D eigenvalue weighted by Crippen LogP contribution is 2.28. The smallest absolute Gasteiger partial charge is 0.0490 e. The normalized spacial score (nSPS) is 12.3. The van der Waals surface area contributed by atoms with Crippen LogP contribution in [0.1, 0.15) is 90.9 Å². The van der Waals surface area contributed by atoms with E-state index in [-0.39, 0.29) is 0 Å². The highest BCUT2D eigenvalue weighted by Gasteiger charge is 2.23. The van der Waals surface area contributed by atoms with E-state index in [0.717, 1.165) is 13.2 Å². The number of unbranched alkanes of at least 4 members (excludes halogenated alkanes) is 11. The minimum atomic E-state index is -0.600. The lowest BCUT2D eigenvalue weighted by Crippen LogP contribution is -2.26. The number of halogens is 1. The van der Waals surface area contributed by atoms with E-state index in [2.05, 4.69) is 42.9 Å². The third kappa shape index (κ3) is 15.9. The van der Waals surface area contributed by atoms with Gasteiger partial charge in [0.25, 0.3) is 0 Å². The zero-order valence-corrected chi connectivity index (χ0v) is 19.2. The molecular weight excluding hydrogens is 364 g/mol. The molecule has 0 unspecified atom stereocenters. The summed E-state index contributed by atoms with van der Waals surface area (Å²) in [5.41, 5.74) is 0. The summed E-state index contributed by atoms with van der Waals surface area (Å²) in [6, 6.07) is 0. The quantitative estimate of drug-likeness (QED) is 0.139. The standard InChI is InChI=1S/C20H43BrOSi/c1-20(2,23(3)4)19-22-18-16-14-12-10-8-6-5-7-9-11-13-15-17-21/h23H,5-19H2,1-4H3. The van der Waals surface area contributed by atoms with Crippen molar-refractivity contribution in [3.8, 4) is 0 Å². The summed E-state index contributed by atoms with van der Waals surface area (Å²) in [6.45, 7) is 11.5. The van der Waals surface area contributed by atoms with E-state index in [1.807, 2.05) is 0 Å². The van der Waals surface area contributed by atoms with E-state index in [4.69, 9.17) is 4.74 Å². The van der Waals surface area contributed by atoms with Crippen molar-refractivity contribution in [2.45, 2.75) is 109 Å². The van der Waals surface area contributed by atoms with Gasteiger partial charge in [-0.2, -0.15) is 0 Å². The molecule has 0 aliphatic carbocycles. The van der Waals surface area contributed by atoms with Crippen LogP contribution in [0.5, 0.6) is 0 Å². The number of ether oxygens (including phenoxy) is 1. The molecule has 0 spiro atoms. The van der Waals surface area contributed by atoms with Gasteiger partial charge in [-0.05, 0) is 17.9 Å². The summed E-state index contributed by atoms with van der Waals surface area (Å²) in [7, 11) is -0.600. The first-order chi connectivity index (χ1) is 11.0. The Bertz CT molecular complexity index is 244.